The van der Waals surface area contributed by atoms with E-state index in [4.69, 9.17) is 19.4 Å². The van der Waals surface area contributed by atoms with Crippen molar-refractivity contribution in [3.8, 4) is 28.3 Å². The molecule has 2 saturated carbocycles. The Morgan fingerprint density at radius 1 is 0.920 bits per heavy atom. The number of ether oxygens (including phenoxy) is 2. The highest BCUT2D eigenvalue weighted by Crippen LogP contribution is 2.61. The number of imidazole rings is 1. The van der Waals surface area contributed by atoms with E-state index in [1.54, 1.807) is 0 Å². The van der Waals surface area contributed by atoms with Gasteiger partial charge in [0.2, 0.25) is 0 Å². The van der Waals surface area contributed by atoms with Gasteiger partial charge in [0.25, 0.3) is 0 Å². The second-order valence-electron chi connectivity index (χ2n) is 15.9. The molecule has 0 N–H and O–H groups in total. The molecule has 3 atom stereocenters. The molecule has 2 aromatic heterocycles. The van der Waals surface area contributed by atoms with Gasteiger partial charge in [0.15, 0.2) is 11.4 Å². The van der Waals surface area contributed by atoms with E-state index < -0.39 is 8.07 Å². The topological polar surface area (TPSA) is 66.2 Å². The van der Waals surface area contributed by atoms with Crippen LogP contribution in [0.1, 0.15) is 67.8 Å². The summed E-state index contributed by atoms with van der Waals surface area (Å²) in [6.45, 7) is 11.0. The van der Waals surface area contributed by atoms with Gasteiger partial charge in [-0.2, -0.15) is 0 Å². The Morgan fingerprint density at radius 3 is 2.52 bits per heavy atom. The number of hydrogen-bond acceptors (Lipinski definition) is 5. The molecule has 7 heteroatoms. The highest BCUT2D eigenvalue weighted by molar-refractivity contribution is 6.76. The van der Waals surface area contributed by atoms with Gasteiger partial charge < -0.3 is 9.47 Å². The van der Waals surface area contributed by atoms with E-state index in [-0.39, 0.29) is 5.41 Å². The zero-order valence-corrected chi connectivity index (χ0v) is 31.2. The van der Waals surface area contributed by atoms with Gasteiger partial charge in [-0.3, -0.25) is 9.36 Å². The van der Waals surface area contributed by atoms with E-state index in [2.05, 4.69) is 67.5 Å². The van der Waals surface area contributed by atoms with Crippen LogP contribution in [-0.4, -0.2) is 35.0 Å². The summed E-state index contributed by atoms with van der Waals surface area (Å²) in [6.07, 6.45) is 10.1. The van der Waals surface area contributed by atoms with Crippen molar-refractivity contribution in [2.45, 2.75) is 90.9 Å². The first kappa shape index (κ1) is 34.4. The van der Waals surface area contributed by atoms with Gasteiger partial charge >= 0.3 is 0 Å². The Morgan fingerprint density at radius 2 is 1.72 bits per heavy atom. The van der Waals surface area contributed by atoms with Crippen LogP contribution < -0.4 is 4.74 Å². The molecule has 2 fully saturated rings. The van der Waals surface area contributed by atoms with Crippen molar-refractivity contribution in [2.24, 2.45) is 17.3 Å². The Bertz CT molecular complexity index is 1930. The molecule has 2 heterocycles. The van der Waals surface area contributed by atoms with Crippen LogP contribution in [0.3, 0.4) is 0 Å². The zero-order chi connectivity index (χ0) is 34.7. The van der Waals surface area contributed by atoms with Gasteiger partial charge in [-0.25, -0.2) is 9.97 Å². The van der Waals surface area contributed by atoms with Crippen LogP contribution in [0.2, 0.25) is 25.7 Å². The maximum Gasteiger partial charge on any atom is 0.169 e. The molecule has 0 amide bonds. The summed E-state index contributed by atoms with van der Waals surface area (Å²) >= 11 is 0. The fourth-order valence-electron chi connectivity index (χ4n) is 7.76. The van der Waals surface area contributed by atoms with E-state index >= 15 is 0 Å². The molecule has 0 bridgehead atoms. The van der Waals surface area contributed by atoms with Crippen LogP contribution in [-0.2, 0) is 18.1 Å². The molecule has 3 unspecified atom stereocenters. The predicted octanol–water partition coefficient (Wildman–Crippen LogP) is 10.8. The predicted molar refractivity (Wildman–Crippen MR) is 205 cm³/mol. The number of Topliss-reactive ketones (excluding diaryl/α,β-unsaturated/α-hetero) is 1. The van der Waals surface area contributed by atoms with Crippen molar-refractivity contribution in [2.75, 3.05) is 6.61 Å². The van der Waals surface area contributed by atoms with Crippen LogP contribution in [0.25, 0.3) is 33.7 Å². The normalized spacial score (nSPS) is 20.8. The van der Waals surface area contributed by atoms with Crippen LogP contribution in [0.15, 0.2) is 91.1 Å². The molecule has 7 rings (SSSR count). The quantitative estimate of drug-likeness (QED) is 0.0743. The Kier molecular flexibility index (Phi) is 10.1. The molecule has 0 spiro atoms. The summed E-state index contributed by atoms with van der Waals surface area (Å²) in [5, 5.41) is 0. The third-order valence-electron chi connectivity index (χ3n) is 10.9. The first-order valence-electron chi connectivity index (χ1n) is 18.6. The third-order valence-corrected chi connectivity index (χ3v) is 12.6. The average molecular weight is 686 g/mol. The number of fused-ring (bicyclic) bond motifs is 2. The van der Waals surface area contributed by atoms with Gasteiger partial charge in [0, 0.05) is 43.0 Å². The second-order valence-corrected chi connectivity index (χ2v) is 21.6. The lowest BCUT2D eigenvalue weighted by molar-refractivity contribution is 0.0874. The average Bonchev–Trinajstić information content (AvgIpc) is 3.67. The van der Waals surface area contributed by atoms with Crippen molar-refractivity contribution in [3.63, 3.8) is 0 Å². The summed E-state index contributed by atoms with van der Waals surface area (Å²) in [5.74, 6) is 3.25. The van der Waals surface area contributed by atoms with E-state index in [9.17, 15) is 4.79 Å². The molecule has 6 nitrogen and oxygen atoms in total. The van der Waals surface area contributed by atoms with Crippen molar-refractivity contribution in [1.82, 2.24) is 14.5 Å². The molecule has 260 valence electrons. The highest BCUT2D eigenvalue weighted by Gasteiger charge is 2.58. The van der Waals surface area contributed by atoms with Crippen molar-refractivity contribution in [3.05, 3.63) is 102 Å². The number of carbonyl (C=O) groups is 1. The van der Waals surface area contributed by atoms with Gasteiger partial charge in [-0.15, -0.1) is 0 Å². The third kappa shape index (κ3) is 7.64. The monoisotopic (exact) mass is 685 g/mol. The number of pyridine rings is 1. The molecule has 0 saturated heterocycles. The number of nitrogens with zero attached hydrogens (tertiary/aromatic N) is 3. The molecule has 0 radical (unpaired) electrons. The number of carbonyl (C=O) groups excluding carboxylic acids is 1. The largest absolute Gasteiger partial charge is 0.489 e. The Labute approximate surface area is 298 Å². The van der Waals surface area contributed by atoms with E-state index in [0.717, 1.165) is 81.8 Å². The van der Waals surface area contributed by atoms with Crippen molar-refractivity contribution >= 4 is 25.0 Å². The lowest BCUT2D eigenvalue weighted by Gasteiger charge is -2.17. The Hall–Kier alpha value is -4.07. The molecule has 0 aliphatic heterocycles. The number of benzene rings is 3. The molecular formula is C43H51N3O3Si. The van der Waals surface area contributed by atoms with Gasteiger partial charge in [-0.05, 0) is 66.5 Å². The van der Waals surface area contributed by atoms with Crippen molar-refractivity contribution in [1.29, 1.82) is 0 Å². The maximum absolute atomic E-state index is 14.0. The Balaban J connectivity index is 1.19. The summed E-state index contributed by atoms with van der Waals surface area (Å²) in [7, 11) is -1.25. The molecule has 5 aromatic rings. The smallest absolute Gasteiger partial charge is 0.169 e. The first-order chi connectivity index (χ1) is 24.2. The van der Waals surface area contributed by atoms with Crippen LogP contribution >= 0.6 is 0 Å². The minimum absolute atomic E-state index is 0.152. The van der Waals surface area contributed by atoms with Crippen molar-refractivity contribution < 1.29 is 14.3 Å². The summed E-state index contributed by atoms with van der Waals surface area (Å²) in [5.41, 5.74) is 6.35. The highest BCUT2D eigenvalue weighted by atomic mass is 28.3. The fraction of sp³-hybridized carbons (Fsp3) is 0.419. The molecular weight excluding hydrogens is 635 g/mol. The standard InChI is InChI=1S/C43H51N3O3Si/c1-31-11-8-16-36-28-43(36,23-10-12-31)40(47)33-18-20-34(21-19-33)41-45-39-38(22-24-44-42(39)46(41)30-48-25-26-50(2,3)4)35-15-9-17-37(27-35)49-29-32-13-6-5-7-14-32/h5-7,9,13-15,17-22,24,27,31,36H,8,10-12,16,23,25-26,28-30H2,1-4H3. The molecule has 50 heavy (non-hydrogen) atoms. The number of hydrogen-bond donors (Lipinski definition) is 0. The number of rotatable bonds is 12. The fourth-order valence-corrected chi connectivity index (χ4v) is 8.52. The van der Waals surface area contributed by atoms with Crippen LogP contribution in [0.5, 0.6) is 5.75 Å². The molecule has 2 aliphatic rings. The second kappa shape index (κ2) is 14.6. The minimum Gasteiger partial charge on any atom is -0.489 e. The first-order valence-corrected chi connectivity index (χ1v) is 22.3. The lowest BCUT2D eigenvalue weighted by Crippen LogP contribution is -2.22. The van der Waals surface area contributed by atoms with E-state index in [1.165, 1.54) is 25.7 Å². The van der Waals surface area contributed by atoms with Gasteiger partial charge in [0.1, 0.15) is 30.4 Å². The lowest BCUT2D eigenvalue weighted by atomic mass is 9.86. The van der Waals surface area contributed by atoms with Gasteiger partial charge in [0.05, 0.1) is 0 Å². The number of ketones is 1. The van der Waals surface area contributed by atoms with E-state index in [0.29, 0.717) is 31.6 Å². The zero-order valence-electron chi connectivity index (χ0n) is 30.2. The summed E-state index contributed by atoms with van der Waals surface area (Å²) in [6, 6.07) is 29.7. The van der Waals surface area contributed by atoms with Crippen LogP contribution in [0.4, 0.5) is 0 Å². The maximum atomic E-state index is 14.0. The molecule has 2 aliphatic carbocycles. The van der Waals surface area contributed by atoms with Crippen LogP contribution in [0, 0.1) is 17.3 Å². The van der Waals surface area contributed by atoms with E-state index in [1.807, 2.05) is 54.7 Å². The summed E-state index contributed by atoms with van der Waals surface area (Å²) < 4.78 is 14.6. The van der Waals surface area contributed by atoms with Gasteiger partial charge in [-0.1, -0.05) is 119 Å². The summed E-state index contributed by atoms with van der Waals surface area (Å²) in [4.78, 5) is 24.1. The minimum atomic E-state index is -1.25. The molecule has 3 aromatic carbocycles. The SMILES string of the molecule is CC1CCCC2CC2(C(=O)c2ccc(-c3nc4c(-c5cccc(OCc6ccccc6)c5)ccnc4n3COCC[Si](C)(C)C)cc2)CCC1. The number of aromatic nitrogens is 3.